The molecule has 0 saturated carbocycles. The number of aromatic nitrogens is 2. The van der Waals surface area contributed by atoms with E-state index in [1.165, 1.54) is 0 Å². The summed E-state index contributed by atoms with van der Waals surface area (Å²) in [7, 11) is 63.8. The Morgan fingerprint density at radius 2 is 0.653 bits per heavy atom. The third-order valence-electron chi connectivity index (χ3n) is 9.85. The van der Waals surface area contributed by atoms with Gasteiger partial charge in [-0.3, -0.25) is 0 Å². The van der Waals surface area contributed by atoms with Crippen molar-refractivity contribution >= 4 is 199 Å². The molecule has 0 aliphatic carbocycles. The van der Waals surface area contributed by atoms with E-state index in [9.17, 15) is 0 Å². The standard InChI is InChI=1S/C36H12B10N2O/c37-25-27(39)31(43)35(32(44)28(25)40)47-19-7-3-1-5-13(19)15-9-17-18-10-16-14-6-2-4-8-20(14)48(22(16)12-24(18)49-23(17)11-21(15)47)36-33(45)29(41)26(38)30(42)34(36)46/h1-12H. The fourth-order valence-electron chi connectivity index (χ4n) is 7.33. The lowest BCUT2D eigenvalue weighted by Crippen LogP contribution is -2.56. The summed E-state index contributed by atoms with van der Waals surface area (Å²) in [5.41, 5.74) is 7.40. The third-order valence-corrected chi connectivity index (χ3v) is 9.85. The molecule has 202 valence electrons. The van der Waals surface area contributed by atoms with E-state index in [-0.39, 0.29) is 54.6 Å². The number of rotatable bonds is 2. The fourth-order valence-corrected chi connectivity index (χ4v) is 7.33. The zero-order valence-corrected chi connectivity index (χ0v) is 26.0. The van der Waals surface area contributed by atoms with Crippen molar-refractivity contribution in [2.75, 3.05) is 0 Å². The Morgan fingerprint density at radius 3 is 1.02 bits per heavy atom. The Hall–Kier alpha value is -4.63. The summed E-state index contributed by atoms with van der Waals surface area (Å²) >= 11 is 0. The van der Waals surface area contributed by atoms with E-state index >= 15 is 0 Å². The Morgan fingerprint density at radius 1 is 0.327 bits per heavy atom. The molecule has 0 unspecified atom stereocenters. The molecule has 49 heavy (non-hydrogen) atoms. The number of nitrogens with zero attached hydrogens (tertiary/aromatic N) is 2. The summed E-state index contributed by atoms with van der Waals surface area (Å²) in [5.74, 6) is 0. The van der Waals surface area contributed by atoms with Gasteiger partial charge in [-0.25, -0.2) is 0 Å². The van der Waals surface area contributed by atoms with Crippen LogP contribution in [0.3, 0.4) is 0 Å². The summed E-state index contributed by atoms with van der Waals surface area (Å²) < 4.78 is 10.5. The highest BCUT2D eigenvalue weighted by atomic mass is 16.3. The van der Waals surface area contributed by atoms with Crippen molar-refractivity contribution in [3.05, 3.63) is 72.8 Å². The quantitative estimate of drug-likeness (QED) is 0.207. The van der Waals surface area contributed by atoms with Crippen molar-refractivity contribution < 1.29 is 4.42 Å². The van der Waals surface area contributed by atoms with Gasteiger partial charge in [-0.2, -0.15) is 0 Å². The molecule has 9 aromatic rings. The van der Waals surface area contributed by atoms with Crippen LogP contribution in [0.15, 0.2) is 77.2 Å². The molecule has 6 aromatic carbocycles. The van der Waals surface area contributed by atoms with Crippen LogP contribution in [0.25, 0.3) is 76.9 Å². The molecule has 0 amide bonds. The van der Waals surface area contributed by atoms with Gasteiger partial charge in [0.25, 0.3) is 0 Å². The number of benzene rings is 6. The number of hydrogen-bond donors (Lipinski definition) is 0. The minimum Gasteiger partial charge on any atom is -0.456 e. The first-order valence-electron chi connectivity index (χ1n) is 15.4. The molecule has 0 bridgehead atoms. The van der Waals surface area contributed by atoms with Crippen LogP contribution in [0.5, 0.6) is 0 Å². The van der Waals surface area contributed by atoms with Gasteiger partial charge < -0.3 is 13.6 Å². The van der Waals surface area contributed by atoms with Crippen molar-refractivity contribution in [2.45, 2.75) is 0 Å². The van der Waals surface area contributed by atoms with Crippen LogP contribution in [0, 0.1) is 0 Å². The second kappa shape index (κ2) is 10.4. The largest absolute Gasteiger partial charge is 0.456 e. The average Bonchev–Trinajstić information content (AvgIpc) is 3.73. The van der Waals surface area contributed by atoms with E-state index in [1.54, 1.807) is 0 Å². The van der Waals surface area contributed by atoms with Crippen LogP contribution >= 0.6 is 0 Å². The van der Waals surface area contributed by atoms with Crippen LogP contribution in [-0.2, 0) is 0 Å². The topological polar surface area (TPSA) is 23.0 Å². The molecular formula is C36H12B10N2O. The molecule has 0 N–H and O–H groups in total. The van der Waals surface area contributed by atoms with Gasteiger partial charge in [-0.05, 0) is 24.3 Å². The maximum Gasteiger partial charge on any atom is 0.137 e. The highest BCUT2D eigenvalue weighted by molar-refractivity contribution is 6.69. The van der Waals surface area contributed by atoms with Gasteiger partial charge in [0.05, 0.1) is 22.1 Å². The number of hydrogen-bond acceptors (Lipinski definition) is 1. The normalized spacial score (nSPS) is 12.1. The van der Waals surface area contributed by atoms with Gasteiger partial charge in [0, 0.05) is 55.8 Å². The first-order valence-corrected chi connectivity index (χ1v) is 15.4. The maximum atomic E-state index is 6.61. The maximum absolute atomic E-state index is 6.61. The lowest BCUT2D eigenvalue weighted by atomic mass is 9.61. The second-order valence-corrected chi connectivity index (χ2v) is 12.4. The summed E-state index contributed by atoms with van der Waals surface area (Å²) in [6.07, 6.45) is 0. The van der Waals surface area contributed by atoms with E-state index in [0.717, 1.165) is 54.4 Å². The van der Waals surface area contributed by atoms with Crippen LogP contribution in [0.1, 0.15) is 0 Å². The first kappa shape index (κ1) is 30.4. The van der Waals surface area contributed by atoms with Gasteiger partial charge in [0.1, 0.15) is 89.6 Å². The van der Waals surface area contributed by atoms with Gasteiger partial charge in [-0.15, -0.1) is 32.8 Å². The Bertz CT molecular complexity index is 2700. The predicted molar refractivity (Wildman–Crippen MR) is 216 cm³/mol. The zero-order chi connectivity index (χ0) is 34.2. The molecule has 0 saturated heterocycles. The first-order chi connectivity index (χ1) is 23.5. The summed E-state index contributed by atoms with van der Waals surface area (Å²) in [6, 6.07) is 24.1. The Labute approximate surface area is 295 Å². The predicted octanol–water partition coefficient (Wildman–Crippen LogP) is -2.28. The van der Waals surface area contributed by atoms with Gasteiger partial charge >= 0.3 is 0 Å². The van der Waals surface area contributed by atoms with Crippen molar-refractivity contribution in [2.24, 2.45) is 0 Å². The molecule has 13 heteroatoms. The number of furan rings is 1. The number of fused-ring (bicyclic) bond motifs is 9. The second-order valence-electron chi connectivity index (χ2n) is 12.4. The summed E-state index contributed by atoms with van der Waals surface area (Å²) in [4.78, 5) is 0. The van der Waals surface area contributed by atoms with Crippen molar-refractivity contribution in [3.8, 4) is 11.4 Å². The van der Waals surface area contributed by atoms with E-state index in [1.807, 2.05) is 69.8 Å². The zero-order valence-electron chi connectivity index (χ0n) is 26.0. The Balaban J connectivity index is 1.40. The molecule has 3 heterocycles. The van der Waals surface area contributed by atoms with E-state index < -0.39 is 0 Å². The van der Waals surface area contributed by atoms with Gasteiger partial charge in [0.2, 0.25) is 0 Å². The minimum atomic E-state index is 0.149. The highest BCUT2D eigenvalue weighted by Gasteiger charge is 2.23. The molecular weight excluding hydrogens is 585 g/mol. The molecule has 3 nitrogen and oxygen atoms in total. The van der Waals surface area contributed by atoms with Crippen molar-refractivity contribution in [1.29, 1.82) is 0 Å². The van der Waals surface area contributed by atoms with Gasteiger partial charge in [0.15, 0.2) is 0 Å². The number of para-hydroxylation sites is 2. The molecule has 20 radical (unpaired) electrons. The lowest BCUT2D eigenvalue weighted by molar-refractivity contribution is 0.669. The average molecular weight is 597 g/mol. The van der Waals surface area contributed by atoms with E-state index in [0.29, 0.717) is 22.5 Å². The van der Waals surface area contributed by atoms with Crippen molar-refractivity contribution in [3.63, 3.8) is 0 Å². The molecule has 0 atom stereocenters. The molecule has 0 spiro atoms. The van der Waals surface area contributed by atoms with Crippen molar-refractivity contribution in [1.82, 2.24) is 9.13 Å². The van der Waals surface area contributed by atoms with E-state index in [4.69, 9.17) is 82.9 Å². The summed E-state index contributed by atoms with van der Waals surface area (Å²) in [5, 5.41) is 5.69. The van der Waals surface area contributed by atoms with Crippen LogP contribution < -0.4 is 54.6 Å². The highest BCUT2D eigenvalue weighted by Crippen LogP contribution is 2.41. The molecule has 0 aliphatic heterocycles. The van der Waals surface area contributed by atoms with Crippen LogP contribution in [0.2, 0.25) is 0 Å². The SMILES string of the molecule is [B]c1c([B])c([B])c(-n2c3ccccc3c3cc4c(cc32)oc2cc3c(cc24)c2ccccc2n3-c2c([B])c([B])c([B])c([B])c2[B])c([B])c1[B]. The van der Waals surface area contributed by atoms with Crippen LogP contribution in [0.4, 0.5) is 0 Å². The molecule has 0 fully saturated rings. The molecule has 9 rings (SSSR count). The smallest absolute Gasteiger partial charge is 0.137 e. The van der Waals surface area contributed by atoms with Gasteiger partial charge in [-0.1, -0.05) is 58.2 Å². The van der Waals surface area contributed by atoms with Crippen LogP contribution in [-0.4, -0.2) is 87.6 Å². The lowest BCUT2D eigenvalue weighted by Gasteiger charge is -2.23. The monoisotopic (exact) mass is 598 g/mol. The molecule has 0 aliphatic rings. The van der Waals surface area contributed by atoms with E-state index in [2.05, 4.69) is 12.1 Å². The Kier molecular flexibility index (Phi) is 6.48. The third kappa shape index (κ3) is 3.93. The fraction of sp³-hybridized carbons (Fsp3) is 0. The summed E-state index contributed by atoms with van der Waals surface area (Å²) in [6.45, 7) is 0. The molecule has 3 aromatic heterocycles. The minimum absolute atomic E-state index is 0.149.